The summed E-state index contributed by atoms with van der Waals surface area (Å²) < 4.78 is 5.21. The average molecular weight is 291 g/mol. The Hall–Kier alpha value is -1.59. The fraction of sp³-hybridized carbons (Fsp3) is 0.562. The van der Waals surface area contributed by atoms with Crippen LogP contribution in [0.25, 0.3) is 0 Å². The van der Waals surface area contributed by atoms with Crippen LogP contribution in [0.2, 0.25) is 0 Å². The molecule has 3 N–H and O–H groups in total. The third-order valence-electron chi connectivity index (χ3n) is 3.80. The Morgan fingerprint density at radius 1 is 1.38 bits per heavy atom. The van der Waals surface area contributed by atoms with E-state index in [-0.39, 0.29) is 6.09 Å². The van der Waals surface area contributed by atoms with E-state index in [0.717, 1.165) is 31.6 Å². The number of alkyl carbamates (subject to hydrolysis) is 1. The van der Waals surface area contributed by atoms with Crippen molar-refractivity contribution in [2.75, 3.05) is 32.7 Å². The van der Waals surface area contributed by atoms with Gasteiger partial charge in [-0.05, 0) is 30.9 Å². The van der Waals surface area contributed by atoms with Crippen LogP contribution in [0.5, 0.6) is 0 Å². The van der Waals surface area contributed by atoms with Gasteiger partial charge in [0.15, 0.2) is 0 Å². The molecule has 1 amide bonds. The van der Waals surface area contributed by atoms with Crippen molar-refractivity contribution in [2.24, 2.45) is 11.7 Å². The molecule has 0 saturated carbocycles. The molecule has 1 fully saturated rings. The van der Waals surface area contributed by atoms with Crippen molar-refractivity contribution >= 4 is 6.09 Å². The van der Waals surface area contributed by atoms with Crippen molar-refractivity contribution in [3.8, 4) is 0 Å². The molecule has 0 radical (unpaired) electrons. The van der Waals surface area contributed by atoms with Gasteiger partial charge in [0.2, 0.25) is 0 Å². The zero-order chi connectivity index (χ0) is 14.9. The third-order valence-corrected chi connectivity index (χ3v) is 3.80. The lowest BCUT2D eigenvalue weighted by molar-refractivity contribution is 0.131. The van der Waals surface area contributed by atoms with Gasteiger partial charge in [0.25, 0.3) is 0 Å². The molecule has 1 aromatic carbocycles. The highest BCUT2D eigenvalue weighted by Gasteiger charge is 2.19. The monoisotopic (exact) mass is 291 g/mol. The molecule has 5 nitrogen and oxygen atoms in total. The predicted octanol–water partition coefficient (Wildman–Crippen LogP) is 1.58. The molecule has 1 saturated heterocycles. The number of rotatable bonds is 6. The SMILES string of the molecule is NCCN1CCC[C@H](CNC(=O)OCc2ccccc2)C1. The number of nitrogens with zero attached hydrogens (tertiary/aromatic N) is 1. The number of carbonyl (C=O) groups is 1. The first-order chi connectivity index (χ1) is 10.3. The number of nitrogens with one attached hydrogen (secondary N) is 1. The highest BCUT2D eigenvalue weighted by Crippen LogP contribution is 2.15. The summed E-state index contributed by atoms with van der Waals surface area (Å²) >= 11 is 0. The van der Waals surface area contributed by atoms with Crippen LogP contribution in [0, 0.1) is 5.92 Å². The second-order valence-electron chi connectivity index (χ2n) is 5.54. The molecule has 0 spiro atoms. The van der Waals surface area contributed by atoms with E-state index >= 15 is 0 Å². The smallest absolute Gasteiger partial charge is 0.407 e. The molecule has 1 aliphatic heterocycles. The first-order valence-corrected chi connectivity index (χ1v) is 7.65. The maximum Gasteiger partial charge on any atom is 0.407 e. The molecule has 2 rings (SSSR count). The van der Waals surface area contributed by atoms with Crippen molar-refractivity contribution in [3.05, 3.63) is 35.9 Å². The normalized spacial score (nSPS) is 19.2. The molecular formula is C16H25N3O2. The second-order valence-corrected chi connectivity index (χ2v) is 5.54. The Morgan fingerprint density at radius 2 is 2.19 bits per heavy atom. The summed E-state index contributed by atoms with van der Waals surface area (Å²) in [5.41, 5.74) is 6.59. The molecule has 21 heavy (non-hydrogen) atoms. The maximum absolute atomic E-state index is 11.7. The minimum absolute atomic E-state index is 0.316. The number of hydrogen-bond acceptors (Lipinski definition) is 4. The van der Waals surface area contributed by atoms with Crippen LogP contribution in [0.1, 0.15) is 18.4 Å². The molecule has 0 unspecified atom stereocenters. The number of ether oxygens (including phenoxy) is 1. The van der Waals surface area contributed by atoms with Crippen molar-refractivity contribution < 1.29 is 9.53 Å². The lowest BCUT2D eigenvalue weighted by Gasteiger charge is -2.32. The topological polar surface area (TPSA) is 67.6 Å². The number of nitrogens with two attached hydrogens (primary N) is 1. The van der Waals surface area contributed by atoms with Gasteiger partial charge in [0.1, 0.15) is 6.61 Å². The van der Waals surface area contributed by atoms with Gasteiger partial charge >= 0.3 is 6.09 Å². The van der Waals surface area contributed by atoms with Crippen molar-refractivity contribution in [3.63, 3.8) is 0 Å². The number of hydrogen-bond donors (Lipinski definition) is 2. The van der Waals surface area contributed by atoms with Gasteiger partial charge in [-0.1, -0.05) is 30.3 Å². The molecule has 1 atom stereocenters. The lowest BCUT2D eigenvalue weighted by atomic mass is 9.98. The minimum Gasteiger partial charge on any atom is -0.445 e. The van der Waals surface area contributed by atoms with E-state index in [4.69, 9.17) is 10.5 Å². The molecule has 5 heteroatoms. The van der Waals surface area contributed by atoms with Crippen LogP contribution < -0.4 is 11.1 Å². The standard InChI is InChI=1S/C16H25N3O2/c17-8-10-19-9-4-7-15(12-19)11-18-16(20)21-13-14-5-2-1-3-6-14/h1-3,5-6,15H,4,7-13,17H2,(H,18,20)/t15-/m1/s1. The van der Waals surface area contributed by atoms with Gasteiger partial charge in [-0.3, -0.25) is 0 Å². The van der Waals surface area contributed by atoms with Crippen molar-refractivity contribution in [2.45, 2.75) is 19.4 Å². The van der Waals surface area contributed by atoms with E-state index in [9.17, 15) is 4.79 Å². The minimum atomic E-state index is -0.338. The number of carbonyl (C=O) groups excluding carboxylic acids is 1. The van der Waals surface area contributed by atoms with E-state index in [1.54, 1.807) is 0 Å². The first kappa shape index (κ1) is 15.8. The maximum atomic E-state index is 11.7. The van der Waals surface area contributed by atoms with E-state index in [0.29, 0.717) is 25.6 Å². The fourth-order valence-electron chi connectivity index (χ4n) is 2.71. The second kappa shape index (κ2) is 8.64. The Bertz CT molecular complexity index is 423. The summed E-state index contributed by atoms with van der Waals surface area (Å²) in [5, 5.41) is 2.87. The van der Waals surface area contributed by atoms with Gasteiger partial charge in [0.05, 0.1) is 0 Å². The van der Waals surface area contributed by atoms with Crippen molar-refractivity contribution in [1.82, 2.24) is 10.2 Å². The molecule has 1 heterocycles. The van der Waals surface area contributed by atoms with Crippen LogP contribution >= 0.6 is 0 Å². The number of amides is 1. The van der Waals surface area contributed by atoms with Gasteiger partial charge in [-0.2, -0.15) is 0 Å². The summed E-state index contributed by atoms with van der Waals surface area (Å²) in [5.74, 6) is 0.495. The lowest BCUT2D eigenvalue weighted by Crippen LogP contribution is -2.42. The zero-order valence-corrected chi connectivity index (χ0v) is 12.5. The molecule has 0 aliphatic carbocycles. The molecule has 0 bridgehead atoms. The van der Waals surface area contributed by atoms with Gasteiger partial charge in [0, 0.05) is 26.2 Å². The van der Waals surface area contributed by atoms with E-state index in [1.807, 2.05) is 30.3 Å². The molecule has 116 valence electrons. The first-order valence-electron chi connectivity index (χ1n) is 7.65. The Labute approximate surface area is 126 Å². The van der Waals surface area contributed by atoms with Crippen LogP contribution in [0.3, 0.4) is 0 Å². The summed E-state index contributed by atoms with van der Waals surface area (Å²) in [7, 11) is 0. The molecule has 1 aliphatic rings. The summed E-state index contributed by atoms with van der Waals surface area (Å²) in [6.07, 6.45) is 1.99. The van der Waals surface area contributed by atoms with Gasteiger partial charge < -0.3 is 20.7 Å². The average Bonchev–Trinajstić information content (AvgIpc) is 2.53. The summed E-state index contributed by atoms with van der Waals surface area (Å²) in [6, 6.07) is 9.70. The van der Waals surface area contributed by atoms with E-state index in [2.05, 4.69) is 10.2 Å². The molecule has 0 aromatic heterocycles. The number of likely N-dealkylation sites (tertiary alicyclic amines) is 1. The van der Waals surface area contributed by atoms with Crippen LogP contribution in [-0.2, 0) is 11.3 Å². The Balaban J connectivity index is 1.64. The van der Waals surface area contributed by atoms with Crippen molar-refractivity contribution in [1.29, 1.82) is 0 Å². The third kappa shape index (κ3) is 5.73. The van der Waals surface area contributed by atoms with Gasteiger partial charge in [-0.15, -0.1) is 0 Å². The van der Waals surface area contributed by atoms with Crippen LogP contribution in [0.4, 0.5) is 4.79 Å². The Morgan fingerprint density at radius 3 is 2.95 bits per heavy atom. The highest BCUT2D eigenvalue weighted by molar-refractivity contribution is 5.67. The summed E-state index contributed by atoms with van der Waals surface area (Å²) in [6.45, 7) is 4.75. The Kier molecular flexibility index (Phi) is 6.50. The number of benzene rings is 1. The number of piperidine rings is 1. The van der Waals surface area contributed by atoms with Crippen LogP contribution in [0.15, 0.2) is 30.3 Å². The quantitative estimate of drug-likeness (QED) is 0.835. The van der Waals surface area contributed by atoms with Gasteiger partial charge in [-0.25, -0.2) is 4.79 Å². The van der Waals surface area contributed by atoms with E-state index in [1.165, 1.54) is 6.42 Å². The fourth-order valence-corrected chi connectivity index (χ4v) is 2.71. The van der Waals surface area contributed by atoms with Crippen LogP contribution in [-0.4, -0.2) is 43.7 Å². The van der Waals surface area contributed by atoms with E-state index < -0.39 is 0 Å². The molecule has 1 aromatic rings. The predicted molar refractivity (Wildman–Crippen MR) is 82.8 cm³/mol. The summed E-state index contributed by atoms with van der Waals surface area (Å²) in [4.78, 5) is 14.1. The molecular weight excluding hydrogens is 266 g/mol. The highest BCUT2D eigenvalue weighted by atomic mass is 16.5. The zero-order valence-electron chi connectivity index (χ0n) is 12.5. The largest absolute Gasteiger partial charge is 0.445 e.